The van der Waals surface area contributed by atoms with Crippen LogP contribution in [0.15, 0.2) is 34.9 Å². The van der Waals surface area contributed by atoms with Crippen LogP contribution in [0.1, 0.15) is 41.1 Å². The summed E-state index contributed by atoms with van der Waals surface area (Å²) < 4.78 is 18.8. The van der Waals surface area contributed by atoms with Crippen LogP contribution in [0, 0.1) is 5.82 Å². The van der Waals surface area contributed by atoms with Crippen molar-refractivity contribution in [3.8, 4) is 0 Å². The van der Waals surface area contributed by atoms with Gasteiger partial charge in [-0.1, -0.05) is 24.6 Å². The molecule has 2 N–H and O–H groups in total. The summed E-state index contributed by atoms with van der Waals surface area (Å²) in [4.78, 5) is 23.4. The third kappa shape index (κ3) is 4.10. The molecule has 1 aromatic heterocycles. The molecule has 1 amide bonds. The number of benzene rings is 1. The van der Waals surface area contributed by atoms with E-state index in [-0.39, 0.29) is 11.4 Å². The minimum Gasteiger partial charge on any atom is -0.481 e. The minimum atomic E-state index is -1.12. The average molecular weight is 340 g/mol. The summed E-state index contributed by atoms with van der Waals surface area (Å²) in [5, 5.41) is 11.6. The summed E-state index contributed by atoms with van der Waals surface area (Å²) in [6.07, 6.45) is 1.53. The van der Waals surface area contributed by atoms with Gasteiger partial charge >= 0.3 is 5.97 Å². The number of aliphatic carboxylic acids is 1. The highest BCUT2D eigenvalue weighted by atomic mass is 35.5. The van der Waals surface area contributed by atoms with Crippen LogP contribution in [-0.2, 0) is 11.2 Å². The fraction of sp³-hybridized carbons (Fsp3) is 0.250. The second kappa shape index (κ2) is 7.28. The molecule has 0 saturated carbocycles. The quantitative estimate of drug-likeness (QED) is 0.843. The Bertz CT molecular complexity index is 729. The smallest absolute Gasteiger partial charge is 0.305 e. The van der Waals surface area contributed by atoms with Gasteiger partial charge in [0.25, 0.3) is 5.91 Å². The summed E-state index contributed by atoms with van der Waals surface area (Å²) in [5.74, 6) is -1.77. The number of halogens is 2. The molecule has 5 nitrogen and oxygen atoms in total. The number of nitrogens with one attached hydrogen (secondary N) is 1. The van der Waals surface area contributed by atoms with E-state index in [1.165, 1.54) is 24.5 Å². The first-order valence-corrected chi connectivity index (χ1v) is 7.34. The van der Waals surface area contributed by atoms with Crippen LogP contribution in [0.4, 0.5) is 4.39 Å². The van der Waals surface area contributed by atoms with Crippen LogP contribution in [-0.4, -0.2) is 17.0 Å². The second-order valence-corrected chi connectivity index (χ2v) is 5.32. The molecule has 2 aromatic rings. The van der Waals surface area contributed by atoms with Crippen LogP contribution >= 0.6 is 11.6 Å². The molecule has 1 unspecified atom stereocenters. The van der Waals surface area contributed by atoms with Gasteiger partial charge in [-0.15, -0.1) is 0 Å². The summed E-state index contributed by atoms with van der Waals surface area (Å²) in [6, 6.07) is 4.55. The first-order chi connectivity index (χ1) is 10.9. The van der Waals surface area contributed by atoms with Crippen LogP contribution in [0.3, 0.4) is 0 Å². The molecule has 0 radical (unpaired) electrons. The standard InChI is InChI=1S/C16H15ClFNO4/c1-2-14-10(5-6-23-14)16(22)19-13(8-15(20)21)9-3-4-11(17)12(18)7-9/h3-7,13H,2,8H2,1H3,(H,19,22)(H,20,21). The van der Waals surface area contributed by atoms with Gasteiger partial charge in [-0.3, -0.25) is 9.59 Å². The average Bonchev–Trinajstić information content (AvgIpc) is 2.97. The van der Waals surface area contributed by atoms with Crippen molar-refractivity contribution in [3.63, 3.8) is 0 Å². The molecule has 122 valence electrons. The monoisotopic (exact) mass is 339 g/mol. The number of hydrogen-bond acceptors (Lipinski definition) is 3. The van der Waals surface area contributed by atoms with E-state index in [2.05, 4.69) is 5.32 Å². The van der Waals surface area contributed by atoms with E-state index >= 15 is 0 Å². The molecule has 2 rings (SSSR count). The molecular weight excluding hydrogens is 325 g/mol. The van der Waals surface area contributed by atoms with Crippen molar-refractivity contribution in [2.24, 2.45) is 0 Å². The Morgan fingerprint density at radius 1 is 1.39 bits per heavy atom. The lowest BCUT2D eigenvalue weighted by Crippen LogP contribution is -2.30. The minimum absolute atomic E-state index is 0.0720. The third-order valence-electron chi connectivity index (χ3n) is 3.34. The molecule has 1 heterocycles. The van der Waals surface area contributed by atoms with Crippen molar-refractivity contribution in [2.45, 2.75) is 25.8 Å². The maximum absolute atomic E-state index is 13.6. The van der Waals surface area contributed by atoms with Gasteiger partial charge in [0.05, 0.1) is 29.3 Å². The molecule has 0 saturated heterocycles. The fourth-order valence-corrected chi connectivity index (χ4v) is 2.33. The van der Waals surface area contributed by atoms with Crippen molar-refractivity contribution in [2.75, 3.05) is 0 Å². The molecule has 1 atom stereocenters. The molecule has 1 aromatic carbocycles. The number of aryl methyl sites for hydroxylation is 1. The molecule has 0 spiro atoms. The van der Waals surface area contributed by atoms with Gasteiger partial charge in [-0.2, -0.15) is 0 Å². The van der Waals surface area contributed by atoms with Crippen LogP contribution < -0.4 is 5.32 Å². The Balaban J connectivity index is 2.26. The molecule has 0 aliphatic rings. The lowest BCUT2D eigenvalue weighted by atomic mass is 10.0. The maximum atomic E-state index is 13.6. The third-order valence-corrected chi connectivity index (χ3v) is 3.65. The molecule has 0 bridgehead atoms. The molecule has 0 fully saturated rings. The van der Waals surface area contributed by atoms with E-state index in [1.807, 2.05) is 6.92 Å². The van der Waals surface area contributed by atoms with E-state index in [4.69, 9.17) is 21.1 Å². The Kier molecular flexibility index (Phi) is 5.39. The van der Waals surface area contributed by atoms with Crippen LogP contribution in [0.25, 0.3) is 0 Å². The Labute approximate surface area is 137 Å². The molecule has 7 heteroatoms. The zero-order valence-corrected chi connectivity index (χ0v) is 13.1. The molecule has 23 heavy (non-hydrogen) atoms. The van der Waals surface area contributed by atoms with Gasteiger partial charge in [0, 0.05) is 6.42 Å². The number of carboxylic acids is 1. The zero-order chi connectivity index (χ0) is 17.0. The zero-order valence-electron chi connectivity index (χ0n) is 12.3. The SMILES string of the molecule is CCc1occc1C(=O)NC(CC(=O)O)c1ccc(Cl)c(F)c1. The summed E-state index contributed by atoms with van der Waals surface area (Å²) in [7, 11) is 0. The first-order valence-electron chi connectivity index (χ1n) is 6.96. The van der Waals surface area contributed by atoms with Crippen molar-refractivity contribution in [1.29, 1.82) is 0 Å². The first kappa shape index (κ1) is 17.0. The summed E-state index contributed by atoms with van der Waals surface area (Å²) in [6.45, 7) is 1.83. The normalized spacial score (nSPS) is 12.0. The largest absolute Gasteiger partial charge is 0.481 e. The lowest BCUT2D eigenvalue weighted by molar-refractivity contribution is -0.137. The van der Waals surface area contributed by atoms with Gasteiger partial charge in [0.1, 0.15) is 11.6 Å². The fourth-order valence-electron chi connectivity index (χ4n) is 2.21. The number of amides is 1. The highest BCUT2D eigenvalue weighted by Crippen LogP contribution is 2.23. The Morgan fingerprint density at radius 3 is 2.74 bits per heavy atom. The highest BCUT2D eigenvalue weighted by Gasteiger charge is 2.22. The molecule has 0 aliphatic heterocycles. The van der Waals surface area contributed by atoms with Crippen molar-refractivity contribution in [3.05, 3.63) is 58.3 Å². The maximum Gasteiger partial charge on any atom is 0.305 e. The predicted molar refractivity (Wildman–Crippen MR) is 82.0 cm³/mol. The van der Waals surface area contributed by atoms with Crippen molar-refractivity contribution in [1.82, 2.24) is 5.32 Å². The van der Waals surface area contributed by atoms with Gasteiger partial charge in [0.15, 0.2) is 0 Å². The highest BCUT2D eigenvalue weighted by molar-refractivity contribution is 6.30. The summed E-state index contributed by atoms with van der Waals surface area (Å²) >= 11 is 5.63. The number of carbonyl (C=O) groups excluding carboxylic acids is 1. The number of carbonyl (C=O) groups is 2. The van der Waals surface area contributed by atoms with Crippen LogP contribution in [0.2, 0.25) is 5.02 Å². The number of furan rings is 1. The van der Waals surface area contributed by atoms with E-state index < -0.39 is 23.7 Å². The molecule has 0 aliphatic carbocycles. The Hall–Kier alpha value is -2.34. The van der Waals surface area contributed by atoms with E-state index in [0.717, 1.165) is 6.07 Å². The van der Waals surface area contributed by atoms with Gasteiger partial charge in [-0.05, 0) is 23.8 Å². The summed E-state index contributed by atoms with van der Waals surface area (Å²) in [5.41, 5.74) is 0.654. The molecular formula is C16H15ClFNO4. The van der Waals surface area contributed by atoms with Gasteiger partial charge < -0.3 is 14.8 Å². The van der Waals surface area contributed by atoms with Gasteiger partial charge in [-0.25, -0.2) is 4.39 Å². The number of carboxylic acid groups (broad SMARTS) is 1. The van der Waals surface area contributed by atoms with Gasteiger partial charge in [0.2, 0.25) is 0 Å². The van der Waals surface area contributed by atoms with Crippen molar-refractivity contribution >= 4 is 23.5 Å². The topological polar surface area (TPSA) is 79.5 Å². The van der Waals surface area contributed by atoms with Crippen LogP contribution in [0.5, 0.6) is 0 Å². The second-order valence-electron chi connectivity index (χ2n) is 4.91. The Morgan fingerprint density at radius 2 is 2.13 bits per heavy atom. The van der Waals surface area contributed by atoms with E-state index in [0.29, 0.717) is 23.3 Å². The van der Waals surface area contributed by atoms with E-state index in [9.17, 15) is 14.0 Å². The number of hydrogen-bond donors (Lipinski definition) is 2. The van der Waals surface area contributed by atoms with Crippen molar-refractivity contribution < 1.29 is 23.5 Å². The van der Waals surface area contributed by atoms with E-state index in [1.54, 1.807) is 0 Å². The predicted octanol–water partition coefficient (Wildman–Crippen LogP) is 3.58. The lowest BCUT2D eigenvalue weighted by Gasteiger charge is -2.17. The number of rotatable bonds is 6.